The van der Waals surface area contributed by atoms with Gasteiger partial charge in [-0.05, 0) is 27.9 Å². The van der Waals surface area contributed by atoms with Gasteiger partial charge in [-0.2, -0.15) is 0 Å². The van der Waals surface area contributed by atoms with Gasteiger partial charge in [0.1, 0.15) is 0 Å². The fraction of sp³-hybridized carbons (Fsp3) is 0.900. The first-order valence-electron chi connectivity index (χ1n) is 5.00. The molecule has 1 amide bonds. The maximum Gasteiger partial charge on any atom is 0.241 e. The molecular weight excluding hydrogens is 178 g/mol. The van der Waals surface area contributed by atoms with Gasteiger partial charge in [0.05, 0.1) is 6.04 Å². The fourth-order valence-electron chi connectivity index (χ4n) is 1.62. The van der Waals surface area contributed by atoms with Crippen molar-refractivity contribution in [1.29, 1.82) is 0 Å². The van der Waals surface area contributed by atoms with Crippen molar-refractivity contribution < 1.29 is 4.79 Å². The van der Waals surface area contributed by atoms with Gasteiger partial charge in [0, 0.05) is 25.7 Å². The molecule has 0 aliphatic carbocycles. The summed E-state index contributed by atoms with van der Waals surface area (Å²) in [6, 6.07) is -0.0528. The highest BCUT2D eigenvalue weighted by atomic mass is 16.2. The van der Waals surface area contributed by atoms with Crippen molar-refractivity contribution in [2.24, 2.45) is 0 Å². The van der Waals surface area contributed by atoms with Crippen LogP contribution in [0.15, 0.2) is 0 Å². The summed E-state index contributed by atoms with van der Waals surface area (Å²) in [5.74, 6) is 0.190. The highest BCUT2D eigenvalue weighted by molar-refractivity contribution is 5.83. The number of carbonyl (C=O) groups is 1. The minimum absolute atomic E-state index is 0.0528. The molecule has 82 valence electrons. The lowest BCUT2D eigenvalue weighted by Gasteiger charge is -2.44. The van der Waals surface area contributed by atoms with E-state index in [9.17, 15) is 4.79 Å². The molecule has 1 aliphatic heterocycles. The zero-order chi connectivity index (χ0) is 10.9. The molecule has 1 heterocycles. The standard InChI is InChI=1S/C10H21N3O/c1-10(2)7-11-8(6-12(3)4)9(14)13(10)5/h8,11H,6-7H2,1-5H3. The molecular formula is C10H21N3O. The lowest BCUT2D eigenvalue weighted by Crippen LogP contribution is -2.65. The summed E-state index contributed by atoms with van der Waals surface area (Å²) in [5, 5.41) is 3.29. The molecule has 14 heavy (non-hydrogen) atoms. The van der Waals surface area contributed by atoms with Crippen LogP contribution in [0.3, 0.4) is 0 Å². The zero-order valence-electron chi connectivity index (χ0n) is 9.79. The topological polar surface area (TPSA) is 35.6 Å². The molecule has 0 saturated carbocycles. The number of carbonyl (C=O) groups excluding carboxylic acids is 1. The minimum Gasteiger partial charge on any atom is -0.338 e. The van der Waals surface area contributed by atoms with Crippen molar-refractivity contribution in [3.05, 3.63) is 0 Å². The van der Waals surface area contributed by atoms with E-state index < -0.39 is 0 Å². The SMILES string of the molecule is CN(C)CC1NCC(C)(C)N(C)C1=O. The van der Waals surface area contributed by atoms with Crippen molar-refractivity contribution >= 4 is 5.91 Å². The van der Waals surface area contributed by atoms with Crippen molar-refractivity contribution in [3.8, 4) is 0 Å². The third-order valence-electron chi connectivity index (χ3n) is 2.87. The van der Waals surface area contributed by atoms with E-state index in [1.54, 1.807) is 0 Å². The molecule has 0 aromatic heterocycles. The van der Waals surface area contributed by atoms with Crippen molar-refractivity contribution in [1.82, 2.24) is 15.1 Å². The predicted octanol–water partition coefficient (Wildman–Crippen LogP) is -0.243. The van der Waals surface area contributed by atoms with Crippen molar-refractivity contribution in [2.75, 3.05) is 34.2 Å². The van der Waals surface area contributed by atoms with E-state index in [0.717, 1.165) is 13.1 Å². The highest BCUT2D eigenvalue weighted by Gasteiger charge is 2.37. The van der Waals surface area contributed by atoms with Gasteiger partial charge in [0.25, 0.3) is 0 Å². The number of piperazine rings is 1. The summed E-state index contributed by atoms with van der Waals surface area (Å²) in [7, 11) is 5.84. The molecule has 1 saturated heterocycles. The number of hydrogen-bond donors (Lipinski definition) is 1. The number of hydrogen-bond acceptors (Lipinski definition) is 3. The Morgan fingerprint density at radius 3 is 2.64 bits per heavy atom. The average molecular weight is 199 g/mol. The quantitative estimate of drug-likeness (QED) is 0.666. The van der Waals surface area contributed by atoms with Gasteiger partial charge in [0.15, 0.2) is 0 Å². The first kappa shape index (κ1) is 11.5. The molecule has 0 radical (unpaired) electrons. The van der Waals surface area contributed by atoms with E-state index in [1.165, 1.54) is 0 Å². The van der Waals surface area contributed by atoms with Gasteiger partial charge >= 0.3 is 0 Å². The molecule has 0 spiro atoms. The van der Waals surface area contributed by atoms with Crippen LogP contribution in [0, 0.1) is 0 Å². The molecule has 0 bridgehead atoms. The highest BCUT2D eigenvalue weighted by Crippen LogP contribution is 2.17. The lowest BCUT2D eigenvalue weighted by molar-refractivity contribution is -0.140. The molecule has 1 atom stereocenters. The van der Waals surface area contributed by atoms with Crippen LogP contribution in [0.2, 0.25) is 0 Å². The van der Waals surface area contributed by atoms with Crippen molar-refractivity contribution in [3.63, 3.8) is 0 Å². The summed E-state index contributed by atoms with van der Waals surface area (Å²) in [4.78, 5) is 15.8. The minimum atomic E-state index is -0.0695. The Balaban J connectivity index is 2.65. The number of rotatable bonds is 2. The van der Waals surface area contributed by atoms with Crippen LogP contribution < -0.4 is 5.32 Å². The molecule has 0 aromatic rings. The Morgan fingerprint density at radius 2 is 2.14 bits per heavy atom. The van der Waals surface area contributed by atoms with E-state index in [1.807, 2.05) is 30.9 Å². The van der Waals surface area contributed by atoms with E-state index in [2.05, 4.69) is 19.2 Å². The summed E-state index contributed by atoms with van der Waals surface area (Å²) in [6.45, 7) is 5.76. The summed E-state index contributed by atoms with van der Waals surface area (Å²) in [5.41, 5.74) is -0.0695. The predicted molar refractivity (Wildman–Crippen MR) is 57.2 cm³/mol. The van der Waals surface area contributed by atoms with Gasteiger partial charge in [-0.1, -0.05) is 0 Å². The first-order valence-corrected chi connectivity index (χ1v) is 5.00. The third kappa shape index (κ3) is 2.25. The van der Waals surface area contributed by atoms with Crippen molar-refractivity contribution in [2.45, 2.75) is 25.4 Å². The summed E-state index contributed by atoms with van der Waals surface area (Å²) >= 11 is 0. The van der Waals surface area contributed by atoms with E-state index >= 15 is 0 Å². The second-order valence-corrected chi connectivity index (χ2v) is 4.91. The second-order valence-electron chi connectivity index (χ2n) is 4.91. The Labute approximate surface area is 86.2 Å². The summed E-state index contributed by atoms with van der Waals surface area (Å²) < 4.78 is 0. The number of amides is 1. The average Bonchev–Trinajstić information content (AvgIpc) is 2.07. The van der Waals surface area contributed by atoms with Crippen LogP contribution >= 0.6 is 0 Å². The molecule has 1 aliphatic rings. The molecule has 1 N–H and O–H groups in total. The van der Waals surface area contributed by atoms with Crippen LogP contribution in [0.1, 0.15) is 13.8 Å². The smallest absolute Gasteiger partial charge is 0.241 e. The number of nitrogens with zero attached hydrogens (tertiary/aromatic N) is 2. The monoisotopic (exact) mass is 199 g/mol. The van der Waals surface area contributed by atoms with Gasteiger partial charge < -0.3 is 15.1 Å². The fourth-order valence-corrected chi connectivity index (χ4v) is 1.62. The lowest BCUT2D eigenvalue weighted by atomic mass is 9.98. The van der Waals surface area contributed by atoms with Crippen LogP contribution in [-0.2, 0) is 4.79 Å². The van der Waals surface area contributed by atoms with E-state index in [4.69, 9.17) is 0 Å². The van der Waals surface area contributed by atoms with Gasteiger partial charge in [0.2, 0.25) is 5.91 Å². The Bertz CT molecular complexity index is 225. The summed E-state index contributed by atoms with van der Waals surface area (Å²) in [6.07, 6.45) is 0. The van der Waals surface area contributed by atoms with Crippen LogP contribution in [0.4, 0.5) is 0 Å². The second kappa shape index (κ2) is 3.87. The molecule has 4 heteroatoms. The van der Waals surface area contributed by atoms with Crippen LogP contribution in [-0.4, -0.2) is 61.5 Å². The molecule has 1 fully saturated rings. The third-order valence-corrected chi connectivity index (χ3v) is 2.87. The van der Waals surface area contributed by atoms with Crippen LogP contribution in [0.25, 0.3) is 0 Å². The van der Waals surface area contributed by atoms with Gasteiger partial charge in [-0.25, -0.2) is 0 Å². The zero-order valence-corrected chi connectivity index (χ0v) is 9.79. The number of likely N-dealkylation sites (N-methyl/N-ethyl adjacent to an activating group) is 2. The first-order chi connectivity index (χ1) is 6.34. The van der Waals surface area contributed by atoms with Gasteiger partial charge in [-0.15, -0.1) is 0 Å². The normalized spacial score (nSPS) is 27.1. The Hall–Kier alpha value is -0.610. The van der Waals surface area contributed by atoms with Gasteiger partial charge in [-0.3, -0.25) is 4.79 Å². The largest absolute Gasteiger partial charge is 0.338 e. The maximum absolute atomic E-state index is 11.9. The Kier molecular flexibility index (Phi) is 3.17. The Morgan fingerprint density at radius 1 is 1.57 bits per heavy atom. The maximum atomic E-state index is 11.9. The van der Waals surface area contributed by atoms with E-state index in [0.29, 0.717) is 0 Å². The number of nitrogens with one attached hydrogen (secondary N) is 1. The van der Waals surface area contributed by atoms with Crippen LogP contribution in [0.5, 0.6) is 0 Å². The molecule has 1 rings (SSSR count). The molecule has 0 aromatic carbocycles. The molecule has 1 unspecified atom stereocenters. The molecule has 4 nitrogen and oxygen atoms in total. The van der Waals surface area contributed by atoms with E-state index in [-0.39, 0.29) is 17.5 Å².